The van der Waals surface area contributed by atoms with E-state index in [0.717, 1.165) is 25.7 Å². The Morgan fingerprint density at radius 1 is 1.24 bits per heavy atom. The van der Waals surface area contributed by atoms with Crippen LogP contribution in [0.4, 0.5) is 4.79 Å². The van der Waals surface area contributed by atoms with Gasteiger partial charge in [-0.25, -0.2) is 4.79 Å². The lowest BCUT2D eigenvalue weighted by Gasteiger charge is -2.30. The SMILES string of the molecule is CCCCC[C@@](C)(CO)NC(=O)OC(C)(C)C. The van der Waals surface area contributed by atoms with Gasteiger partial charge in [-0.2, -0.15) is 0 Å². The quantitative estimate of drug-likeness (QED) is 0.707. The molecule has 0 aromatic heterocycles. The Kier molecular flexibility index (Phi) is 6.53. The van der Waals surface area contributed by atoms with E-state index in [9.17, 15) is 9.90 Å². The Morgan fingerprint density at radius 3 is 2.24 bits per heavy atom. The van der Waals surface area contributed by atoms with Crippen LogP contribution in [0.3, 0.4) is 0 Å². The highest BCUT2D eigenvalue weighted by Crippen LogP contribution is 2.16. The summed E-state index contributed by atoms with van der Waals surface area (Å²) in [5.41, 5.74) is -1.10. The molecule has 1 amide bonds. The Balaban J connectivity index is 4.22. The molecule has 0 aliphatic rings. The number of carbonyl (C=O) groups is 1. The van der Waals surface area contributed by atoms with Crippen molar-refractivity contribution in [2.75, 3.05) is 6.61 Å². The van der Waals surface area contributed by atoms with Gasteiger partial charge in [0.05, 0.1) is 12.1 Å². The fourth-order valence-electron chi connectivity index (χ4n) is 1.50. The van der Waals surface area contributed by atoms with Crippen LogP contribution in [-0.4, -0.2) is 28.9 Å². The lowest BCUT2D eigenvalue weighted by molar-refractivity contribution is 0.0404. The molecule has 17 heavy (non-hydrogen) atoms. The van der Waals surface area contributed by atoms with Crippen LogP contribution in [0, 0.1) is 0 Å². The number of aliphatic hydroxyl groups excluding tert-OH is 1. The largest absolute Gasteiger partial charge is 0.444 e. The molecule has 0 unspecified atom stereocenters. The first kappa shape index (κ1) is 16.2. The van der Waals surface area contributed by atoms with Crippen LogP contribution in [0.5, 0.6) is 0 Å². The third-order valence-electron chi connectivity index (χ3n) is 2.48. The summed E-state index contributed by atoms with van der Waals surface area (Å²) in [5, 5.41) is 12.1. The predicted molar refractivity (Wildman–Crippen MR) is 69.0 cm³/mol. The average molecular weight is 245 g/mol. The maximum Gasteiger partial charge on any atom is 0.408 e. The van der Waals surface area contributed by atoms with Gasteiger partial charge in [0, 0.05) is 0 Å². The summed E-state index contributed by atoms with van der Waals surface area (Å²) in [6.07, 6.45) is 3.50. The molecule has 2 N–H and O–H groups in total. The number of unbranched alkanes of at least 4 members (excludes halogenated alkanes) is 2. The second kappa shape index (κ2) is 6.84. The molecular formula is C13H27NO3. The van der Waals surface area contributed by atoms with E-state index in [1.807, 2.05) is 27.7 Å². The summed E-state index contributed by atoms with van der Waals surface area (Å²) < 4.78 is 5.18. The van der Waals surface area contributed by atoms with E-state index in [4.69, 9.17) is 4.74 Å². The number of hydrogen-bond donors (Lipinski definition) is 2. The van der Waals surface area contributed by atoms with Gasteiger partial charge in [-0.15, -0.1) is 0 Å². The van der Waals surface area contributed by atoms with Crippen molar-refractivity contribution in [3.8, 4) is 0 Å². The second-order valence-electron chi connectivity index (χ2n) is 5.80. The first-order valence-electron chi connectivity index (χ1n) is 6.34. The van der Waals surface area contributed by atoms with E-state index in [2.05, 4.69) is 12.2 Å². The monoisotopic (exact) mass is 245 g/mol. The van der Waals surface area contributed by atoms with Gasteiger partial charge in [0.1, 0.15) is 5.60 Å². The zero-order valence-corrected chi connectivity index (χ0v) is 11.8. The number of amides is 1. The molecule has 0 fully saturated rings. The first-order valence-corrected chi connectivity index (χ1v) is 6.34. The highest BCUT2D eigenvalue weighted by atomic mass is 16.6. The van der Waals surface area contributed by atoms with Crippen LogP contribution < -0.4 is 5.32 Å². The summed E-state index contributed by atoms with van der Waals surface area (Å²) in [7, 11) is 0. The van der Waals surface area contributed by atoms with Gasteiger partial charge in [0.25, 0.3) is 0 Å². The van der Waals surface area contributed by atoms with E-state index in [1.165, 1.54) is 0 Å². The van der Waals surface area contributed by atoms with E-state index >= 15 is 0 Å². The van der Waals surface area contributed by atoms with Crippen LogP contribution in [-0.2, 0) is 4.74 Å². The number of alkyl carbamates (subject to hydrolysis) is 1. The summed E-state index contributed by atoms with van der Waals surface area (Å²) in [5.74, 6) is 0. The second-order valence-corrected chi connectivity index (χ2v) is 5.80. The first-order chi connectivity index (χ1) is 7.72. The molecule has 0 heterocycles. The molecule has 4 heteroatoms. The van der Waals surface area contributed by atoms with Crippen LogP contribution in [0.2, 0.25) is 0 Å². The van der Waals surface area contributed by atoms with Gasteiger partial charge in [-0.1, -0.05) is 26.2 Å². The molecule has 0 radical (unpaired) electrons. The molecule has 102 valence electrons. The van der Waals surface area contributed by atoms with E-state index < -0.39 is 17.2 Å². The van der Waals surface area contributed by atoms with Crippen LogP contribution >= 0.6 is 0 Å². The fourth-order valence-corrected chi connectivity index (χ4v) is 1.50. The Morgan fingerprint density at radius 2 is 1.82 bits per heavy atom. The molecule has 0 aromatic carbocycles. The molecular weight excluding hydrogens is 218 g/mol. The Labute approximate surface area is 105 Å². The lowest BCUT2D eigenvalue weighted by atomic mass is 9.95. The maximum atomic E-state index is 11.6. The van der Waals surface area contributed by atoms with E-state index in [-0.39, 0.29) is 6.61 Å². The standard InChI is InChI=1S/C13H27NO3/c1-6-7-8-9-13(5,10-15)14-11(16)17-12(2,3)4/h15H,6-10H2,1-5H3,(H,14,16)/t13-/m0/s1. The topological polar surface area (TPSA) is 58.6 Å². The number of carbonyl (C=O) groups excluding carboxylic acids is 1. The highest BCUT2D eigenvalue weighted by molar-refractivity contribution is 5.68. The van der Waals surface area contributed by atoms with Crippen molar-refractivity contribution in [2.24, 2.45) is 0 Å². The highest BCUT2D eigenvalue weighted by Gasteiger charge is 2.27. The molecule has 0 aliphatic heterocycles. The number of rotatable bonds is 6. The van der Waals surface area contributed by atoms with Crippen LogP contribution in [0.1, 0.15) is 60.3 Å². The molecule has 0 saturated heterocycles. The molecule has 0 saturated carbocycles. The average Bonchev–Trinajstić information content (AvgIpc) is 2.15. The van der Waals surface area contributed by atoms with Crippen molar-refractivity contribution < 1.29 is 14.6 Å². The number of ether oxygens (including phenoxy) is 1. The lowest BCUT2D eigenvalue weighted by Crippen LogP contribution is -2.50. The van der Waals surface area contributed by atoms with Crippen LogP contribution in [0.15, 0.2) is 0 Å². The predicted octanol–water partition coefficient (Wildman–Crippen LogP) is 2.84. The minimum Gasteiger partial charge on any atom is -0.444 e. The Hall–Kier alpha value is -0.770. The third kappa shape index (κ3) is 8.02. The van der Waals surface area contributed by atoms with E-state index in [1.54, 1.807) is 0 Å². The van der Waals surface area contributed by atoms with Crippen LogP contribution in [0.25, 0.3) is 0 Å². The summed E-state index contributed by atoms with van der Waals surface area (Å²) in [4.78, 5) is 11.6. The number of hydrogen-bond acceptors (Lipinski definition) is 3. The van der Waals surface area contributed by atoms with Gasteiger partial charge in [-0.05, 0) is 34.1 Å². The molecule has 1 atom stereocenters. The minimum atomic E-state index is -0.586. The minimum absolute atomic E-state index is 0.0735. The van der Waals surface area contributed by atoms with Crippen molar-refractivity contribution in [3.05, 3.63) is 0 Å². The molecule has 0 aliphatic carbocycles. The smallest absolute Gasteiger partial charge is 0.408 e. The van der Waals surface area contributed by atoms with Gasteiger partial charge in [0.15, 0.2) is 0 Å². The van der Waals surface area contributed by atoms with Gasteiger partial charge in [0.2, 0.25) is 0 Å². The number of aliphatic hydroxyl groups is 1. The maximum absolute atomic E-state index is 11.6. The molecule has 4 nitrogen and oxygen atoms in total. The molecule has 0 bridgehead atoms. The summed E-state index contributed by atoms with van der Waals surface area (Å²) in [6, 6.07) is 0. The van der Waals surface area contributed by atoms with Gasteiger partial charge < -0.3 is 15.2 Å². The fraction of sp³-hybridized carbons (Fsp3) is 0.923. The summed E-state index contributed by atoms with van der Waals surface area (Å²) >= 11 is 0. The van der Waals surface area contributed by atoms with Crippen molar-refractivity contribution in [3.63, 3.8) is 0 Å². The summed E-state index contributed by atoms with van der Waals surface area (Å²) in [6.45, 7) is 9.35. The molecule has 0 rings (SSSR count). The normalized spacial score (nSPS) is 15.2. The third-order valence-corrected chi connectivity index (χ3v) is 2.48. The van der Waals surface area contributed by atoms with Gasteiger partial charge >= 0.3 is 6.09 Å². The van der Waals surface area contributed by atoms with Gasteiger partial charge in [-0.3, -0.25) is 0 Å². The van der Waals surface area contributed by atoms with Crippen molar-refractivity contribution >= 4 is 6.09 Å². The number of nitrogens with one attached hydrogen (secondary N) is 1. The van der Waals surface area contributed by atoms with Crippen molar-refractivity contribution in [1.82, 2.24) is 5.32 Å². The van der Waals surface area contributed by atoms with E-state index in [0.29, 0.717) is 0 Å². The zero-order chi connectivity index (χ0) is 13.5. The Bertz CT molecular complexity index is 235. The zero-order valence-electron chi connectivity index (χ0n) is 11.8. The van der Waals surface area contributed by atoms with Crippen molar-refractivity contribution in [1.29, 1.82) is 0 Å². The molecule has 0 spiro atoms. The van der Waals surface area contributed by atoms with Crippen molar-refractivity contribution in [2.45, 2.75) is 71.4 Å². The molecule has 0 aromatic rings.